The highest BCUT2D eigenvalue weighted by atomic mass is 16.2. The molecule has 128 valence electrons. The lowest BCUT2D eigenvalue weighted by Crippen LogP contribution is -2.54. The highest BCUT2D eigenvalue weighted by Crippen LogP contribution is 2.30. The third kappa shape index (κ3) is 3.37. The Hall–Kier alpha value is -2.50. The van der Waals surface area contributed by atoms with Gasteiger partial charge < -0.3 is 0 Å². The van der Waals surface area contributed by atoms with E-state index in [-0.39, 0.29) is 29.9 Å². The predicted octanol–water partition coefficient (Wildman–Crippen LogP) is 1.64. The first-order valence-electron chi connectivity index (χ1n) is 8.04. The second kappa shape index (κ2) is 6.95. The van der Waals surface area contributed by atoms with Gasteiger partial charge in [-0.1, -0.05) is 32.1 Å². The second-order valence-corrected chi connectivity index (χ2v) is 6.46. The summed E-state index contributed by atoms with van der Waals surface area (Å²) < 4.78 is 0. The second-order valence-electron chi connectivity index (χ2n) is 6.46. The molecule has 1 N–H and O–H groups in total. The lowest BCUT2D eigenvalue weighted by Gasteiger charge is -2.27. The fraction of sp³-hybridized carbons (Fsp3) is 0.444. The van der Waals surface area contributed by atoms with E-state index in [1.807, 2.05) is 13.8 Å². The number of hydrogen-bond donors (Lipinski definition) is 1. The lowest BCUT2D eigenvalue weighted by molar-refractivity contribution is -0.149. The van der Waals surface area contributed by atoms with Crippen molar-refractivity contribution in [3.8, 4) is 0 Å². The monoisotopic (exact) mass is 330 g/mol. The average molecular weight is 330 g/mol. The van der Waals surface area contributed by atoms with Crippen molar-refractivity contribution in [1.29, 1.82) is 0 Å². The Morgan fingerprint density at radius 2 is 1.88 bits per heavy atom. The predicted molar refractivity (Wildman–Crippen MR) is 88.5 cm³/mol. The van der Waals surface area contributed by atoms with E-state index in [1.54, 1.807) is 19.1 Å². The first-order valence-corrected chi connectivity index (χ1v) is 8.04. The Morgan fingerprint density at radius 3 is 2.42 bits per heavy atom. The van der Waals surface area contributed by atoms with Crippen LogP contribution in [-0.2, 0) is 19.2 Å². The number of carbonyl (C=O) groups excluding carboxylic acids is 4. The number of imide groups is 2. The van der Waals surface area contributed by atoms with Gasteiger partial charge in [-0.2, -0.15) is 0 Å². The Bertz CT molecular complexity index is 685. The molecule has 0 aromatic carbocycles. The van der Waals surface area contributed by atoms with E-state index in [0.717, 1.165) is 10.5 Å². The van der Waals surface area contributed by atoms with Crippen molar-refractivity contribution in [3.05, 3.63) is 35.5 Å². The summed E-state index contributed by atoms with van der Waals surface area (Å²) in [4.78, 5) is 49.6. The van der Waals surface area contributed by atoms with E-state index < -0.39 is 23.8 Å². The Morgan fingerprint density at radius 1 is 1.25 bits per heavy atom. The van der Waals surface area contributed by atoms with Crippen LogP contribution in [0.3, 0.4) is 0 Å². The van der Waals surface area contributed by atoms with Crippen molar-refractivity contribution >= 4 is 23.6 Å². The molecule has 0 aromatic rings. The molecule has 2 fully saturated rings. The van der Waals surface area contributed by atoms with Crippen LogP contribution in [0.2, 0.25) is 0 Å². The number of likely N-dealkylation sites (tertiary alicyclic amines) is 1. The van der Waals surface area contributed by atoms with E-state index in [0.29, 0.717) is 12.3 Å². The normalized spacial score (nSPS) is 25.2. The molecule has 24 heavy (non-hydrogen) atoms. The number of nitrogens with one attached hydrogen (secondary N) is 1. The smallest absolute Gasteiger partial charge is 0.262 e. The Kier molecular flexibility index (Phi) is 5.17. The summed E-state index contributed by atoms with van der Waals surface area (Å²) >= 11 is 0. The number of amides is 4. The molecule has 0 saturated carbocycles. The average Bonchev–Trinajstić information content (AvgIpc) is 2.70. The summed E-state index contributed by atoms with van der Waals surface area (Å²) in [5.41, 5.74) is 1.29. The van der Waals surface area contributed by atoms with Crippen LogP contribution >= 0.6 is 0 Å². The van der Waals surface area contributed by atoms with Crippen LogP contribution in [0.5, 0.6) is 0 Å². The van der Waals surface area contributed by atoms with Crippen molar-refractivity contribution in [2.75, 3.05) is 0 Å². The van der Waals surface area contributed by atoms with Gasteiger partial charge in [0.2, 0.25) is 11.8 Å². The van der Waals surface area contributed by atoms with Crippen LogP contribution in [0.4, 0.5) is 0 Å². The minimum Gasteiger partial charge on any atom is -0.295 e. The maximum Gasteiger partial charge on any atom is 0.262 e. The molecule has 2 aliphatic rings. The molecule has 2 saturated heterocycles. The molecule has 2 aliphatic heterocycles. The fourth-order valence-electron chi connectivity index (χ4n) is 3.00. The zero-order valence-corrected chi connectivity index (χ0v) is 14.2. The first-order chi connectivity index (χ1) is 11.3. The molecule has 2 heterocycles. The minimum absolute atomic E-state index is 0.109. The summed E-state index contributed by atoms with van der Waals surface area (Å²) in [7, 11) is 0. The third-order valence-electron chi connectivity index (χ3n) is 4.02. The van der Waals surface area contributed by atoms with Crippen LogP contribution in [-0.4, -0.2) is 34.6 Å². The molecule has 6 heteroatoms. The van der Waals surface area contributed by atoms with Crippen molar-refractivity contribution in [1.82, 2.24) is 10.2 Å². The number of piperidine rings is 1. The topological polar surface area (TPSA) is 83.6 Å². The molecule has 0 bridgehead atoms. The van der Waals surface area contributed by atoms with E-state index in [1.165, 1.54) is 0 Å². The maximum atomic E-state index is 12.7. The molecular formula is C18H22N2O4. The Labute approximate surface area is 141 Å². The minimum atomic E-state index is -0.943. The SMILES string of the molecule is C=C(/C=C1/C(=O)N(C2CCC(=O)NC2=O)C(=O)/C1=C/C)CC(C)C. The quantitative estimate of drug-likeness (QED) is 0.627. The van der Waals surface area contributed by atoms with Gasteiger partial charge >= 0.3 is 0 Å². The summed E-state index contributed by atoms with van der Waals surface area (Å²) in [5, 5.41) is 2.18. The first kappa shape index (κ1) is 17.8. The Balaban J connectivity index is 2.33. The lowest BCUT2D eigenvalue weighted by atomic mass is 10.00. The summed E-state index contributed by atoms with van der Waals surface area (Å²) in [6.45, 7) is 9.69. The number of rotatable bonds is 4. The summed E-state index contributed by atoms with van der Waals surface area (Å²) in [6.07, 6.45) is 4.17. The van der Waals surface area contributed by atoms with Crippen molar-refractivity contribution < 1.29 is 19.2 Å². The van der Waals surface area contributed by atoms with E-state index in [2.05, 4.69) is 11.9 Å². The van der Waals surface area contributed by atoms with Gasteiger partial charge in [-0.25, -0.2) is 0 Å². The molecule has 0 spiro atoms. The van der Waals surface area contributed by atoms with Crippen LogP contribution in [0.1, 0.15) is 40.0 Å². The standard InChI is InChI=1S/C18H22N2O4/c1-5-12-13(9-11(4)8-10(2)3)18(24)20(17(12)23)14-6-7-15(21)19-16(14)22/h5,9-10,14H,4,6-8H2,1-3H3,(H,19,21,22)/b12-5+,13-9+. The zero-order valence-electron chi connectivity index (χ0n) is 14.2. The largest absolute Gasteiger partial charge is 0.295 e. The van der Waals surface area contributed by atoms with Crippen molar-refractivity contribution in [2.45, 2.75) is 46.1 Å². The number of carbonyl (C=O) groups is 4. The maximum absolute atomic E-state index is 12.7. The van der Waals surface area contributed by atoms with E-state index >= 15 is 0 Å². The molecule has 1 unspecified atom stereocenters. The summed E-state index contributed by atoms with van der Waals surface area (Å²) in [5.74, 6) is -1.62. The highest BCUT2D eigenvalue weighted by Gasteiger charge is 2.46. The van der Waals surface area contributed by atoms with Crippen molar-refractivity contribution in [3.63, 3.8) is 0 Å². The molecule has 0 aliphatic carbocycles. The van der Waals surface area contributed by atoms with Gasteiger partial charge in [0.25, 0.3) is 11.8 Å². The number of nitrogens with zero attached hydrogens (tertiary/aromatic N) is 1. The number of allylic oxidation sites excluding steroid dienone is 3. The van der Waals surface area contributed by atoms with E-state index in [4.69, 9.17) is 0 Å². The van der Waals surface area contributed by atoms with Crippen LogP contribution < -0.4 is 5.32 Å². The molecule has 1 atom stereocenters. The fourth-order valence-corrected chi connectivity index (χ4v) is 3.00. The molecule has 0 radical (unpaired) electrons. The molecule has 0 aromatic heterocycles. The van der Waals surface area contributed by atoms with Crippen LogP contribution in [0, 0.1) is 5.92 Å². The van der Waals surface area contributed by atoms with Gasteiger partial charge in [0.05, 0.1) is 5.57 Å². The van der Waals surface area contributed by atoms with Gasteiger partial charge in [0.1, 0.15) is 6.04 Å². The number of hydrogen-bond acceptors (Lipinski definition) is 4. The van der Waals surface area contributed by atoms with Crippen LogP contribution in [0.15, 0.2) is 35.5 Å². The molecular weight excluding hydrogens is 308 g/mol. The van der Waals surface area contributed by atoms with Gasteiger partial charge in [0.15, 0.2) is 0 Å². The third-order valence-corrected chi connectivity index (χ3v) is 4.02. The summed E-state index contributed by atoms with van der Waals surface area (Å²) in [6, 6.07) is -0.943. The van der Waals surface area contributed by atoms with Gasteiger partial charge in [-0.05, 0) is 31.8 Å². The molecule has 4 amide bonds. The molecule has 2 rings (SSSR count). The van der Waals surface area contributed by atoms with Gasteiger partial charge in [0, 0.05) is 12.0 Å². The van der Waals surface area contributed by atoms with Crippen molar-refractivity contribution in [2.24, 2.45) is 5.92 Å². The van der Waals surface area contributed by atoms with Gasteiger partial charge in [-0.15, -0.1) is 0 Å². The van der Waals surface area contributed by atoms with Gasteiger partial charge in [-0.3, -0.25) is 29.4 Å². The zero-order chi connectivity index (χ0) is 18.0. The highest BCUT2D eigenvalue weighted by molar-refractivity contribution is 6.26. The van der Waals surface area contributed by atoms with E-state index in [9.17, 15) is 19.2 Å². The van der Waals surface area contributed by atoms with Crippen LogP contribution in [0.25, 0.3) is 0 Å². The molecule has 6 nitrogen and oxygen atoms in total.